The lowest BCUT2D eigenvalue weighted by Crippen LogP contribution is -2.24. The van der Waals surface area contributed by atoms with E-state index >= 15 is 0 Å². The van der Waals surface area contributed by atoms with Gasteiger partial charge in [0.15, 0.2) is 0 Å². The average Bonchev–Trinajstić information content (AvgIpc) is 2.29. The number of nitrogens with one attached hydrogen (secondary N) is 1. The molecule has 0 heterocycles. The zero-order valence-corrected chi connectivity index (χ0v) is 10.6. The van der Waals surface area contributed by atoms with Gasteiger partial charge in [0, 0.05) is 18.7 Å². The van der Waals surface area contributed by atoms with Crippen LogP contribution in [0.1, 0.15) is 36.2 Å². The third-order valence-electron chi connectivity index (χ3n) is 2.48. The van der Waals surface area contributed by atoms with Gasteiger partial charge in [0.05, 0.1) is 0 Å². The first-order valence-corrected chi connectivity index (χ1v) is 6.11. The van der Waals surface area contributed by atoms with Crippen molar-refractivity contribution < 1.29 is 9.90 Å². The van der Waals surface area contributed by atoms with E-state index in [4.69, 9.17) is 5.11 Å². The van der Waals surface area contributed by atoms with Crippen molar-refractivity contribution in [2.75, 3.05) is 13.2 Å². The Balaban J connectivity index is 2.52. The Morgan fingerprint density at radius 2 is 1.94 bits per heavy atom. The number of aliphatic hydroxyl groups is 1. The van der Waals surface area contributed by atoms with Gasteiger partial charge in [-0.15, -0.1) is 0 Å². The van der Waals surface area contributed by atoms with Gasteiger partial charge in [-0.1, -0.05) is 26.0 Å². The number of rotatable bonds is 6. The molecule has 0 aliphatic heterocycles. The van der Waals surface area contributed by atoms with Crippen LogP contribution in [0.2, 0.25) is 0 Å². The predicted octanol–water partition coefficient (Wildman–Crippen LogP) is 2.00. The first-order valence-electron chi connectivity index (χ1n) is 6.11. The second kappa shape index (κ2) is 7.07. The van der Waals surface area contributed by atoms with Crippen molar-refractivity contribution in [2.45, 2.75) is 26.7 Å². The molecule has 1 aromatic rings. The molecule has 94 valence electrons. The highest BCUT2D eigenvalue weighted by atomic mass is 16.3. The van der Waals surface area contributed by atoms with Gasteiger partial charge >= 0.3 is 0 Å². The number of hydrogen-bond acceptors (Lipinski definition) is 2. The molecule has 3 heteroatoms. The quantitative estimate of drug-likeness (QED) is 0.741. The second-order valence-electron chi connectivity index (χ2n) is 4.63. The third-order valence-corrected chi connectivity index (χ3v) is 2.48. The summed E-state index contributed by atoms with van der Waals surface area (Å²) in [5, 5.41) is 11.4. The molecule has 1 rings (SSSR count). The van der Waals surface area contributed by atoms with Gasteiger partial charge in [0.1, 0.15) is 0 Å². The van der Waals surface area contributed by atoms with E-state index in [-0.39, 0.29) is 12.5 Å². The fraction of sp³-hybridized carbons (Fsp3) is 0.500. The average molecular weight is 235 g/mol. The minimum atomic E-state index is -0.0745. The van der Waals surface area contributed by atoms with Gasteiger partial charge in [-0.05, 0) is 36.5 Å². The van der Waals surface area contributed by atoms with Gasteiger partial charge < -0.3 is 10.4 Å². The Bertz CT molecular complexity index is 344. The summed E-state index contributed by atoms with van der Waals surface area (Å²) in [6.45, 7) is 4.97. The van der Waals surface area contributed by atoms with Crippen LogP contribution in [0.15, 0.2) is 24.3 Å². The molecule has 0 aromatic heterocycles. The molecule has 0 radical (unpaired) electrons. The summed E-state index contributed by atoms with van der Waals surface area (Å²) in [6, 6.07) is 7.71. The van der Waals surface area contributed by atoms with Crippen molar-refractivity contribution in [1.29, 1.82) is 0 Å². The number of hydrogen-bond donors (Lipinski definition) is 2. The zero-order chi connectivity index (χ0) is 12.7. The Labute approximate surface area is 103 Å². The van der Waals surface area contributed by atoms with Crippen LogP contribution < -0.4 is 5.32 Å². The maximum atomic E-state index is 11.7. The normalized spacial score (nSPS) is 10.6. The molecule has 1 aromatic carbocycles. The lowest BCUT2D eigenvalue weighted by Gasteiger charge is -2.07. The Kier molecular flexibility index (Phi) is 5.70. The number of benzene rings is 1. The highest BCUT2D eigenvalue weighted by Crippen LogP contribution is 2.09. The Morgan fingerprint density at radius 3 is 2.47 bits per heavy atom. The smallest absolute Gasteiger partial charge is 0.251 e. The van der Waals surface area contributed by atoms with Crippen LogP contribution in [-0.2, 0) is 6.42 Å². The molecule has 3 nitrogen and oxygen atoms in total. The molecule has 0 aliphatic rings. The molecule has 2 N–H and O–H groups in total. The molecule has 0 unspecified atom stereocenters. The zero-order valence-electron chi connectivity index (χ0n) is 10.6. The standard InChI is InChI=1S/C14H21NO2/c1-11(2)10-12-4-6-13(7-5-12)14(17)15-8-3-9-16/h4-7,11,16H,3,8-10H2,1-2H3,(H,15,17). The van der Waals surface area contributed by atoms with Crippen LogP contribution >= 0.6 is 0 Å². The second-order valence-corrected chi connectivity index (χ2v) is 4.63. The predicted molar refractivity (Wildman–Crippen MR) is 69.0 cm³/mol. The van der Waals surface area contributed by atoms with Gasteiger partial charge in [0.2, 0.25) is 0 Å². The molecule has 1 amide bonds. The fourth-order valence-electron chi connectivity index (χ4n) is 1.65. The maximum Gasteiger partial charge on any atom is 0.251 e. The molecule has 0 aliphatic carbocycles. The van der Waals surface area contributed by atoms with Crippen molar-refractivity contribution in [3.8, 4) is 0 Å². The number of aliphatic hydroxyl groups excluding tert-OH is 1. The summed E-state index contributed by atoms with van der Waals surface area (Å²) in [6.07, 6.45) is 1.63. The van der Waals surface area contributed by atoms with E-state index < -0.39 is 0 Å². The lowest BCUT2D eigenvalue weighted by molar-refractivity contribution is 0.0951. The summed E-state index contributed by atoms with van der Waals surface area (Å²) in [7, 11) is 0. The van der Waals surface area contributed by atoms with Gasteiger partial charge in [-0.25, -0.2) is 0 Å². The van der Waals surface area contributed by atoms with Crippen molar-refractivity contribution >= 4 is 5.91 Å². The van der Waals surface area contributed by atoms with E-state index in [0.29, 0.717) is 24.4 Å². The van der Waals surface area contributed by atoms with E-state index in [2.05, 4.69) is 19.2 Å². The maximum absolute atomic E-state index is 11.7. The monoisotopic (exact) mass is 235 g/mol. The van der Waals surface area contributed by atoms with Crippen molar-refractivity contribution in [3.05, 3.63) is 35.4 Å². The van der Waals surface area contributed by atoms with Crippen LogP contribution in [0.3, 0.4) is 0 Å². The van der Waals surface area contributed by atoms with E-state index in [1.165, 1.54) is 5.56 Å². The van der Waals surface area contributed by atoms with Crippen LogP contribution in [0.25, 0.3) is 0 Å². The van der Waals surface area contributed by atoms with Gasteiger partial charge in [0.25, 0.3) is 5.91 Å². The molecule has 0 atom stereocenters. The number of amides is 1. The molecular weight excluding hydrogens is 214 g/mol. The Hall–Kier alpha value is -1.35. The summed E-state index contributed by atoms with van der Waals surface area (Å²) in [4.78, 5) is 11.7. The first kappa shape index (κ1) is 13.7. The first-order chi connectivity index (χ1) is 8.13. The van der Waals surface area contributed by atoms with E-state index in [1.807, 2.05) is 24.3 Å². The van der Waals surface area contributed by atoms with E-state index in [0.717, 1.165) is 6.42 Å². The van der Waals surface area contributed by atoms with Gasteiger partial charge in [-0.3, -0.25) is 4.79 Å². The highest BCUT2D eigenvalue weighted by molar-refractivity contribution is 5.94. The SMILES string of the molecule is CC(C)Cc1ccc(C(=O)NCCCO)cc1. The van der Waals surface area contributed by atoms with Crippen LogP contribution in [0, 0.1) is 5.92 Å². The van der Waals surface area contributed by atoms with Crippen molar-refractivity contribution in [3.63, 3.8) is 0 Å². The van der Waals surface area contributed by atoms with Crippen LogP contribution in [0.4, 0.5) is 0 Å². The summed E-state index contributed by atoms with van der Waals surface area (Å²) >= 11 is 0. The van der Waals surface area contributed by atoms with Crippen molar-refractivity contribution in [1.82, 2.24) is 5.32 Å². The molecule has 0 saturated carbocycles. The van der Waals surface area contributed by atoms with Crippen LogP contribution in [-0.4, -0.2) is 24.2 Å². The number of carbonyl (C=O) groups excluding carboxylic acids is 1. The van der Waals surface area contributed by atoms with Crippen molar-refractivity contribution in [2.24, 2.45) is 5.92 Å². The molecule has 0 bridgehead atoms. The molecule has 0 saturated heterocycles. The highest BCUT2D eigenvalue weighted by Gasteiger charge is 2.04. The molecular formula is C14H21NO2. The molecule has 17 heavy (non-hydrogen) atoms. The van der Waals surface area contributed by atoms with Crippen LogP contribution in [0.5, 0.6) is 0 Å². The number of carbonyl (C=O) groups is 1. The molecule has 0 spiro atoms. The lowest BCUT2D eigenvalue weighted by atomic mass is 10.0. The van der Waals surface area contributed by atoms with E-state index in [9.17, 15) is 4.79 Å². The van der Waals surface area contributed by atoms with Gasteiger partial charge in [-0.2, -0.15) is 0 Å². The minimum absolute atomic E-state index is 0.0745. The topological polar surface area (TPSA) is 49.3 Å². The fourth-order valence-corrected chi connectivity index (χ4v) is 1.65. The Morgan fingerprint density at radius 1 is 1.29 bits per heavy atom. The largest absolute Gasteiger partial charge is 0.396 e. The van der Waals surface area contributed by atoms with E-state index in [1.54, 1.807) is 0 Å². The molecule has 0 fully saturated rings. The summed E-state index contributed by atoms with van der Waals surface area (Å²) in [5.74, 6) is 0.550. The third kappa shape index (κ3) is 5.00. The summed E-state index contributed by atoms with van der Waals surface area (Å²) < 4.78 is 0. The summed E-state index contributed by atoms with van der Waals surface area (Å²) in [5.41, 5.74) is 1.93. The minimum Gasteiger partial charge on any atom is -0.396 e.